The predicted molar refractivity (Wildman–Crippen MR) is 76.2 cm³/mol. The quantitative estimate of drug-likeness (QED) is 0.773. The van der Waals surface area contributed by atoms with E-state index in [-0.39, 0.29) is 12.5 Å². The topological polar surface area (TPSA) is 65.1 Å². The van der Waals surface area contributed by atoms with E-state index in [1.807, 2.05) is 31.3 Å². The monoisotopic (exact) mass is 260 g/mol. The number of aromatic nitrogens is 1. The second kappa shape index (κ2) is 5.45. The lowest BCUT2D eigenvalue weighted by molar-refractivity contribution is 0.0470. The summed E-state index contributed by atoms with van der Waals surface area (Å²) in [6.07, 6.45) is 3.37. The van der Waals surface area contributed by atoms with Crippen LogP contribution in [0.25, 0.3) is 10.9 Å². The van der Waals surface area contributed by atoms with Gasteiger partial charge in [-0.05, 0) is 31.5 Å². The van der Waals surface area contributed by atoms with Crippen LogP contribution in [-0.2, 0) is 0 Å². The van der Waals surface area contributed by atoms with Gasteiger partial charge in [0.15, 0.2) is 0 Å². The minimum absolute atomic E-state index is 0.151. The van der Waals surface area contributed by atoms with Gasteiger partial charge in [0.25, 0.3) is 5.91 Å². The van der Waals surface area contributed by atoms with Crippen molar-refractivity contribution in [1.82, 2.24) is 10.3 Å². The van der Waals surface area contributed by atoms with Crippen molar-refractivity contribution in [3.05, 3.63) is 36.0 Å². The van der Waals surface area contributed by atoms with E-state index in [1.54, 1.807) is 13.0 Å². The molecule has 1 atom stereocenters. The summed E-state index contributed by atoms with van der Waals surface area (Å²) in [6, 6.07) is 7.45. The lowest BCUT2D eigenvalue weighted by atomic mass is 10.0. The Morgan fingerprint density at radius 2 is 2.21 bits per heavy atom. The molecule has 1 aromatic carbocycles. The van der Waals surface area contributed by atoms with Crippen molar-refractivity contribution in [2.24, 2.45) is 0 Å². The molecule has 19 heavy (non-hydrogen) atoms. The molecule has 0 aliphatic heterocycles. The van der Waals surface area contributed by atoms with Gasteiger partial charge in [-0.2, -0.15) is 0 Å². The van der Waals surface area contributed by atoms with Gasteiger partial charge in [-0.1, -0.05) is 19.4 Å². The Hall–Kier alpha value is -1.81. The van der Waals surface area contributed by atoms with E-state index < -0.39 is 5.60 Å². The summed E-state index contributed by atoms with van der Waals surface area (Å²) in [5, 5.41) is 13.8. The fourth-order valence-electron chi connectivity index (χ4n) is 2.28. The number of benzene rings is 1. The molecule has 0 fully saturated rings. The first-order valence-corrected chi connectivity index (χ1v) is 6.60. The van der Waals surface area contributed by atoms with E-state index in [9.17, 15) is 9.90 Å². The zero-order chi connectivity index (χ0) is 13.9. The highest BCUT2D eigenvalue weighted by molar-refractivity contribution is 6.06. The van der Waals surface area contributed by atoms with Crippen LogP contribution in [0.15, 0.2) is 30.5 Å². The summed E-state index contributed by atoms with van der Waals surface area (Å²) in [5.41, 5.74) is 0.718. The number of rotatable bonds is 5. The maximum Gasteiger partial charge on any atom is 0.252 e. The summed E-state index contributed by atoms with van der Waals surface area (Å²) >= 11 is 0. The average Bonchev–Trinajstić information content (AvgIpc) is 2.84. The zero-order valence-electron chi connectivity index (χ0n) is 11.4. The van der Waals surface area contributed by atoms with Crippen LogP contribution in [0, 0.1) is 0 Å². The zero-order valence-corrected chi connectivity index (χ0v) is 11.4. The molecule has 0 aliphatic rings. The van der Waals surface area contributed by atoms with Crippen molar-refractivity contribution in [3.8, 4) is 0 Å². The number of carbonyl (C=O) groups is 1. The molecular weight excluding hydrogens is 240 g/mol. The molecule has 0 saturated heterocycles. The van der Waals surface area contributed by atoms with Crippen molar-refractivity contribution in [2.45, 2.75) is 32.3 Å². The van der Waals surface area contributed by atoms with Gasteiger partial charge < -0.3 is 15.4 Å². The van der Waals surface area contributed by atoms with Crippen LogP contribution in [-0.4, -0.2) is 28.1 Å². The Labute approximate surface area is 112 Å². The lowest BCUT2D eigenvalue weighted by Crippen LogP contribution is -2.40. The molecule has 1 amide bonds. The standard InChI is InChI=1S/C15H20N2O2/c1-3-8-15(2,19)10-17-14(18)12-5-4-6-13-11(12)7-9-16-13/h4-7,9,16,19H,3,8,10H2,1-2H3,(H,17,18). The van der Waals surface area contributed by atoms with Crippen LogP contribution in [0.4, 0.5) is 0 Å². The number of fused-ring (bicyclic) bond motifs is 1. The Morgan fingerprint density at radius 3 is 2.95 bits per heavy atom. The molecule has 0 radical (unpaired) electrons. The van der Waals surface area contributed by atoms with E-state index in [2.05, 4.69) is 10.3 Å². The smallest absolute Gasteiger partial charge is 0.252 e. The van der Waals surface area contributed by atoms with Gasteiger partial charge in [-0.3, -0.25) is 4.79 Å². The van der Waals surface area contributed by atoms with Gasteiger partial charge in [0.05, 0.1) is 5.60 Å². The Morgan fingerprint density at radius 1 is 1.42 bits per heavy atom. The number of hydrogen-bond acceptors (Lipinski definition) is 2. The largest absolute Gasteiger partial charge is 0.388 e. The lowest BCUT2D eigenvalue weighted by Gasteiger charge is -2.23. The van der Waals surface area contributed by atoms with Crippen LogP contribution in [0.1, 0.15) is 37.0 Å². The highest BCUT2D eigenvalue weighted by atomic mass is 16.3. The van der Waals surface area contributed by atoms with E-state index in [0.717, 1.165) is 17.3 Å². The molecular formula is C15H20N2O2. The molecule has 1 heterocycles. The molecule has 0 bridgehead atoms. The van der Waals surface area contributed by atoms with Crippen molar-refractivity contribution in [3.63, 3.8) is 0 Å². The maximum absolute atomic E-state index is 12.2. The Balaban J connectivity index is 2.10. The number of aliphatic hydroxyl groups is 1. The summed E-state index contributed by atoms with van der Waals surface area (Å²) in [7, 11) is 0. The van der Waals surface area contributed by atoms with Gasteiger partial charge in [0.1, 0.15) is 0 Å². The van der Waals surface area contributed by atoms with E-state index >= 15 is 0 Å². The van der Waals surface area contributed by atoms with E-state index in [0.29, 0.717) is 12.0 Å². The number of amides is 1. The second-order valence-corrected chi connectivity index (χ2v) is 5.17. The molecule has 0 spiro atoms. The molecule has 2 rings (SSSR count). The SMILES string of the molecule is CCCC(C)(O)CNC(=O)c1cccc2[nH]ccc12. The van der Waals surface area contributed by atoms with Crippen LogP contribution in [0.3, 0.4) is 0 Å². The molecule has 0 saturated carbocycles. The minimum Gasteiger partial charge on any atom is -0.388 e. The van der Waals surface area contributed by atoms with Crippen molar-refractivity contribution >= 4 is 16.8 Å². The number of carbonyl (C=O) groups excluding carboxylic acids is 1. The number of H-pyrrole nitrogens is 1. The van der Waals surface area contributed by atoms with Crippen molar-refractivity contribution in [1.29, 1.82) is 0 Å². The van der Waals surface area contributed by atoms with E-state index in [4.69, 9.17) is 0 Å². The maximum atomic E-state index is 12.2. The molecule has 4 nitrogen and oxygen atoms in total. The highest BCUT2D eigenvalue weighted by Crippen LogP contribution is 2.17. The normalized spacial score (nSPS) is 14.3. The number of aromatic amines is 1. The molecule has 3 N–H and O–H groups in total. The number of nitrogens with one attached hydrogen (secondary N) is 2. The predicted octanol–water partition coefficient (Wildman–Crippen LogP) is 2.45. The first kappa shape index (κ1) is 13.6. The molecule has 1 unspecified atom stereocenters. The van der Waals surface area contributed by atoms with Crippen LogP contribution >= 0.6 is 0 Å². The molecule has 2 aromatic rings. The van der Waals surface area contributed by atoms with Crippen molar-refractivity contribution < 1.29 is 9.90 Å². The second-order valence-electron chi connectivity index (χ2n) is 5.17. The van der Waals surface area contributed by atoms with Gasteiger partial charge in [-0.25, -0.2) is 0 Å². The minimum atomic E-state index is -0.851. The molecule has 4 heteroatoms. The van der Waals surface area contributed by atoms with Gasteiger partial charge >= 0.3 is 0 Å². The average molecular weight is 260 g/mol. The van der Waals surface area contributed by atoms with Gasteiger partial charge in [0, 0.05) is 29.2 Å². The first-order chi connectivity index (χ1) is 9.03. The molecule has 1 aromatic heterocycles. The Kier molecular flexibility index (Phi) is 3.90. The molecule has 102 valence electrons. The van der Waals surface area contributed by atoms with Gasteiger partial charge in [-0.15, -0.1) is 0 Å². The Bertz CT molecular complexity index is 572. The van der Waals surface area contributed by atoms with Crippen LogP contribution < -0.4 is 5.32 Å². The van der Waals surface area contributed by atoms with Crippen LogP contribution in [0.5, 0.6) is 0 Å². The van der Waals surface area contributed by atoms with Gasteiger partial charge in [0.2, 0.25) is 0 Å². The fraction of sp³-hybridized carbons (Fsp3) is 0.400. The summed E-state index contributed by atoms with van der Waals surface area (Å²) in [5.74, 6) is -0.151. The fourth-order valence-corrected chi connectivity index (χ4v) is 2.28. The number of hydrogen-bond donors (Lipinski definition) is 3. The summed E-state index contributed by atoms with van der Waals surface area (Å²) < 4.78 is 0. The van der Waals surface area contributed by atoms with E-state index in [1.165, 1.54) is 0 Å². The third kappa shape index (κ3) is 3.15. The van der Waals surface area contributed by atoms with Crippen molar-refractivity contribution in [2.75, 3.05) is 6.54 Å². The molecule has 0 aliphatic carbocycles. The summed E-state index contributed by atoms with van der Waals surface area (Å²) in [6.45, 7) is 4.02. The first-order valence-electron chi connectivity index (χ1n) is 6.60. The summed E-state index contributed by atoms with van der Waals surface area (Å²) in [4.78, 5) is 15.2. The third-order valence-corrected chi connectivity index (χ3v) is 3.26. The third-order valence-electron chi connectivity index (χ3n) is 3.26. The van der Waals surface area contributed by atoms with Crippen LogP contribution in [0.2, 0.25) is 0 Å². The highest BCUT2D eigenvalue weighted by Gasteiger charge is 2.20.